The van der Waals surface area contributed by atoms with E-state index in [9.17, 15) is 4.79 Å². The molecule has 0 unspecified atom stereocenters. The van der Waals surface area contributed by atoms with E-state index in [2.05, 4.69) is 15.3 Å². The quantitative estimate of drug-likeness (QED) is 0.694. The van der Waals surface area contributed by atoms with E-state index in [1.807, 2.05) is 0 Å². The van der Waals surface area contributed by atoms with Gasteiger partial charge in [-0.2, -0.15) is 0 Å². The van der Waals surface area contributed by atoms with Crippen molar-refractivity contribution in [3.63, 3.8) is 0 Å². The molecule has 2 rings (SSSR count). The number of H-pyrrole nitrogens is 1. The van der Waals surface area contributed by atoms with E-state index < -0.39 is 0 Å². The number of aromatic amines is 1. The van der Waals surface area contributed by atoms with Crippen molar-refractivity contribution < 1.29 is 9.53 Å². The van der Waals surface area contributed by atoms with Crippen LogP contribution in [0.15, 0.2) is 30.7 Å². The molecular weight excluding hydrogens is 220 g/mol. The number of aromatic nitrogens is 2. The zero-order chi connectivity index (χ0) is 12.3. The standard InChI is InChI=1S/C11H12N4O2/c1-17-7-2-3-8(12)9(4-7)15-11(16)10-5-13-6-14-10/h2-6H,12H2,1H3,(H,13,14)(H,15,16). The molecule has 4 N–H and O–H groups in total. The number of rotatable bonds is 3. The number of hydrogen-bond acceptors (Lipinski definition) is 4. The number of nitrogens with zero attached hydrogens (tertiary/aromatic N) is 1. The number of nitrogen functional groups attached to an aromatic ring is 1. The van der Waals surface area contributed by atoms with Crippen molar-refractivity contribution in [2.24, 2.45) is 0 Å². The van der Waals surface area contributed by atoms with Crippen LogP contribution in [0.1, 0.15) is 10.5 Å². The highest BCUT2D eigenvalue weighted by Gasteiger charge is 2.09. The summed E-state index contributed by atoms with van der Waals surface area (Å²) < 4.78 is 5.06. The number of anilines is 2. The molecule has 0 aliphatic heterocycles. The van der Waals surface area contributed by atoms with Crippen LogP contribution in [0.4, 0.5) is 11.4 Å². The zero-order valence-electron chi connectivity index (χ0n) is 9.23. The van der Waals surface area contributed by atoms with Gasteiger partial charge in [0, 0.05) is 6.07 Å². The molecule has 1 amide bonds. The Morgan fingerprint density at radius 3 is 3.00 bits per heavy atom. The fraction of sp³-hybridized carbons (Fsp3) is 0.0909. The van der Waals surface area contributed by atoms with Crippen molar-refractivity contribution >= 4 is 17.3 Å². The smallest absolute Gasteiger partial charge is 0.273 e. The molecule has 17 heavy (non-hydrogen) atoms. The molecule has 0 bridgehead atoms. The Kier molecular flexibility index (Phi) is 2.95. The van der Waals surface area contributed by atoms with E-state index >= 15 is 0 Å². The highest BCUT2D eigenvalue weighted by atomic mass is 16.5. The summed E-state index contributed by atoms with van der Waals surface area (Å²) in [6.45, 7) is 0. The van der Waals surface area contributed by atoms with Gasteiger partial charge in [-0.15, -0.1) is 0 Å². The van der Waals surface area contributed by atoms with Crippen molar-refractivity contribution in [1.29, 1.82) is 0 Å². The Hall–Kier alpha value is -2.50. The minimum absolute atomic E-state index is 0.303. The van der Waals surface area contributed by atoms with Crippen molar-refractivity contribution in [2.75, 3.05) is 18.2 Å². The molecule has 0 spiro atoms. The molecule has 0 saturated heterocycles. The predicted octanol–water partition coefficient (Wildman–Crippen LogP) is 1.25. The summed E-state index contributed by atoms with van der Waals surface area (Å²) >= 11 is 0. The molecule has 1 aromatic carbocycles. The summed E-state index contributed by atoms with van der Waals surface area (Å²) in [6.07, 6.45) is 2.87. The van der Waals surface area contributed by atoms with E-state index in [1.165, 1.54) is 12.5 Å². The molecule has 88 valence electrons. The molecule has 6 heteroatoms. The molecule has 0 fully saturated rings. The van der Waals surface area contributed by atoms with Gasteiger partial charge in [-0.05, 0) is 12.1 Å². The van der Waals surface area contributed by atoms with E-state index in [4.69, 9.17) is 10.5 Å². The lowest BCUT2D eigenvalue weighted by molar-refractivity contribution is 0.102. The number of benzene rings is 1. The van der Waals surface area contributed by atoms with Crippen molar-refractivity contribution in [3.8, 4) is 5.75 Å². The number of amides is 1. The number of nitrogens with one attached hydrogen (secondary N) is 2. The lowest BCUT2D eigenvalue weighted by Crippen LogP contribution is -2.13. The lowest BCUT2D eigenvalue weighted by atomic mass is 10.2. The van der Waals surface area contributed by atoms with Crippen LogP contribution in [0.25, 0.3) is 0 Å². The predicted molar refractivity (Wildman–Crippen MR) is 63.9 cm³/mol. The first kappa shape index (κ1) is 11.0. The monoisotopic (exact) mass is 232 g/mol. The third kappa shape index (κ3) is 2.36. The van der Waals surface area contributed by atoms with Crippen LogP contribution < -0.4 is 15.8 Å². The van der Waals surface area contributed by atoms with Crippen molar-refractivity contribution in [1.82, 2.24) is 9.97 Å². The number of hydrogen-bond donors (Lipinski definition) is 3. The Balaban J connectivity index is 2.21. The average molecular weight is 232 g/mol. The summed E-state index contributed by atoms with van der Waals surface area (Å²) in [6, 6.07) is 5.05. The summed E-state index contributed by atoms with van der Waals surface area (Å²) in [7, 11) is 1.55. The SMILES string of the molecule is COc1ccc(N)c(NC(=O)c2cnc[nH]2)c1. The highest BCUT2D eigenvalue weighted by Crippen LogP contribution is 2.24. The number of carbonyl (C=O) groups excluding carboxylic acids is 1. The van der Waals surface area contributed by atoms with Crippen molar-refractivity contribution in [3.05, 3.63) is 36.4 Å². The number of carbonyl (C=O) groups is 1. The molecule has 1 heterocycles. The van der Waals surface area contributed by atoms with Crippen LogP contribution in [0, 0.1) is 0 Å². The van der Waals surface area contributed by atoms with E-state index in [1.54, 1.807) is 25.3 Å². The van der Waals surface area contributed by atoms with Gasteiger partial charge in [-0.25, -0.2) is 4.98 Å². The average Bonchev–Trinajstić information content (AvgIpc) is 2.85. The third-order valence-electron chi connectivity index (χ3n) is 2.25. The second-order valence-electron chi connectivity index (χ2n) is 3.37. The fourth-order valence-electron chi connectivity index (χ4n) is 1.34. The molecule has 1 aromatic heterocycles. The first-order chi connectivity index (χ1) is 8.20. The molecule has 0 aliphatic carbocycles. The van der Waals surface area contributed by atoms with Gasteiger partial charge in [0.2, 0.25) is 0 Å². The van der Waals surface area contributed by atoms with Crippen LogP contribution in [-0.4, -0.2) is 23.0 Å². The van der Waals surface area contributed by atoms with Gasteiger partial charge >= 0.3 is 0 Å². The molecule has 0 aliphatic rings. The maximum absolute atomic E-state index is 11.7. The van der Waals surface area contributed by atoms with Crippen LogP contribution in [-0.2, 0) is 0 Å². The van der Waals surface area contributed by atoms with Gasteiger partial charge in [0.1, 0.15) is 11.4 Å². The third-order valence-corrected chi connectivity index (χ3v) is 2.25. The van der Waals surface area contributed by atoms with Gasteiger partial charge in [-0.3, -0.25) is 4.79 Å². The van der Waals surface area contributed by atoms with Gasteiger partial charge < -0.3 is 20.8 Å². The van der Waals surface area contributed by atoms with Crippen LogP contribution in [0.5, 0.6) is 5.75 Å². The molecule has 2 aromatic rings. The van der Waals surface area contributed by atoms with Crippen LogP contribution in [0.3, 0.4) is 0 Å². The molecule has 0 atom stereocenters. The van der Waals surface area contributed by atoms with Gasteiger partial charge in [0.05, 0.1) is 31.0 Å². The minimum atomic E-state index is -0.303. The van der Waals surface area contributed by atoms with E-state index in [0.29, 0.717) is 22.8 Å². The second kappa shape index (κ2) is 4.56. The first-order valence-electron chi connectivity index (χ1n) is 4.94. The number of nitrogens with two attached hydrogens (primary N) is 1. The molecular formula is C11H12N4O2. The largest absolute Gasteiger partial charge is 0.497 e. The minimum Gasteiger partial charge on any atom is -0.497 e. The Bertz CT molecular complexity index is 522. The Morgan fingerprint density at radius 2 is 2.35 bits per heavy atom. The summed E-state index contributed by atoms with van der Waals surface area (Å²) in [5, 5.41) is 2.67. The zero-order valence-corrected chi connectivity index (χ0v) is 9.23. The van der Waals surface area contributed by atoms with Gasteiger partial charge in [0.15, 0.2) is 0 Å². The highest BCUT2D eigenvalue weighted by molar-refractivity contribution is 6.04. The molecule has 0 saturated carbocycles. The second-order valence-corrected chi connectivity index (χ2v) is 3.37. The lowest BCUT2D eigenvalue weighted by Gasteiger charge is -2.08. The van der Waals surface area contributed by atoms with E-state index in [-0.39, 0.29) is 5.91 Å². The maximum Gasteiger partial charge on any atom is 0.273 e. The van der Waals surface area contributed by atoms with Crippen LogP contribution in [0.2, 0.25) is 0 Å². The molecule has 0 radical (unpaired) electrons. The number of methoxy groups -OCH3 is 1. The number of ether oxygens (including phenoxy) is 1. The van der Waals surface area contributed by atoms with Gasteiger partial charge in [-0.1, -0.05) is 0 Å². The summed E-state index contributed by atoms with van der Waals surface area (Å²) in [4.78, 5) is 18.2. The topological polar surface area (TPSA) is 93.0 Å². The Morgan fingerprint density at radius 1 is 1.53 bits per heavy atom. The summed E-state index contributed by atoms with van der Waals surface area (Å²) in [5.74, 6) is 0.321. The Labute approximate surface area is 97.8 Å². The van der Waals surface area contributed by atoms with Crippen LogP contribution >= 0.6 is 0 Å². The van der Waals surface area contributed by atoms with Crippen molar-refractivity contribution in [2.45, 2.75) is 0 Å². The summed E-state index contributed by atoms with van der Waals surface area (Å²) in [5.41, 5.74) is 7.09. The first-order valence-corrected chi connectivity index (χ1v) is 4.94. The fourth-order valence-corrected chi connectivity index (χ4v) is 1.34. The number of imidazole rings is 1. The van der Waals surface area contributed by atoms with E-state index in [0.717, 1.165) is 0 Å². The maximum atomic E-state index is 11.7. The van der Waals surface area contributed by atoms with Gasteiger partial charge in [0.25, 0.3) is 5.91 Å². The molecule has 6 nitrogen and oxygen atoms in total. The normalized spacial score (nSPS) is 9.94.